The van der Waals surface area contributed by atoms with Gasteiger partial charge in [0, 0.05) is 13.1 Å². The Morgan fingerprint density at radius 2 is 1.17 bits per heavy atom. The first-order chi connectivity index (χ1) is 11.6. The van der Waals surface area contributed by atoms with Gasteiger partial charge < -0.3 is 20.1 Å². The minimum absolute atomic E-state index is 0.0247. The summed E-state index contributed by atoms with van der Waals surface area (Å²) < 4.78 is 10.2. The zero-order valence-electron chi connectivity index (χ0n) is 13.4. The van der Waals surface area contributed by atoms with Crippen molar-refractivity contribution in [3.05, 3.63) is 60.7 Å². The molecule has 0 atom stereocenters. The van der Waals surface area contributed by atoms with Crippen LogP contribution in [0.25, 0.3) is 0 Å². The normalized spacial score (nSPS) is 10.1. The second-order valence-corrected chi connectivity index (χ2v) is 5.27. The Balaban J connectivity index is 1.63. The lowest BCUT2D eigenvalue weighted by Crippen LogP contribution is -2.37. The number of carbonyl (C=O) groups is 2. The van der Waals surface area contributed by atoms with Crippen LogP contribution in [0.3, 0.4) is 0 Å². The van der Waals surface area contributed by atoms with Crippen molar-refractivity contribution >= 4 is 12.2 Å². The highest BCUT2D eigenvalue weighted by molar-refractivity contribution is 5.71. The topological polar surface area (TPSA) is 76.7 Å². The van der Waals surface area contributed by atoms with Crippen LogP contribution in [-0.2, 0) is 0 Å². The zero-order valence-corrected chi connectivity index (χ0v) is 13.4. The minimum atomic E-state index is -0.528. The lowest BCUT2D eigenvalue weighted by atomic mass is 10.2. The van der Waals surface area contributed by atoms with Crippen LogP contribution < -0.4 is 20.1 Å². The smallest absolute Gasteiger partial charge is 0.410 e. The summed E-state index contributed by atoms with van der Waals surface area (Å²) in [6.45, 7) is 2.64. The van der Waals surface area contributed by atoms with E-state index in [2.05, 4.69) is 10.6 Å². The SMILES string of the molecule is CC(CNC(=O)Oc1ccccc1)CNC(=O)Oc1ccccc1. The Bertz CT molecular complexity index is 589. The van der Waals surface area contributed by atoms with Gasteiger partial charge in [-0.3, -0.25) is 0 Å². The van der Waals surface area contributed by atoms with Crippen LogP contribution in [0.5, 0.6) is 11.5 Å². The third-order valence-electron chi connectivity index (χ3n) is 3.10. The maximum atomic E-state index is 11.7. The van der Waals surface area contributed by atoms with Crippen molar-refractivity contribution in [2.75, 3.05) is 13.1 Å². The fraction of sp³-hybridized carbons (Fsp3) is 0.222. The summed E-state index contributed by atoms with van der Waals surface area (Å²) in [5, 5.41) is 5.30. The summed E-state index contributed by atoms with van der Waals surface area (Å²) >= 11 is 0. The van der Waals surface area contributed by atoms with Crippen molar-refractivity contribution < 1.29 is 19.1 Å². The van der Waals surface area contributed by atoms with Crippen molar-refractivity contribution in [3.63, 3.8) is 0 Å². The number of benzene rings is 2. The molecule has 0 saturated carbocycles. The minimum Gasteiger partial charge on any atom is -0.410 e. The van der Waals surface area contributed by atoms with Crippen molar-refractivity contribution in [2.45, 2.75) is 6.92 Å². The molecule has 0 heterocycles. The Hall–Kier alpha value is -3.02. The quantitative estimate of drug-likeness (QED) is 0.854. The molecule has 0 radical (unpaired) electrons. The molecule has 2 N–H and O–H groups in total. The molecule has 0 aliphatic carbocycles. The molecule has 0 aromatic heterocycles. The molecule has 2 amide bonds. The van der Waals surface area contributed by atoms with Gasteiger partial charge in [-0.05, 0) is 30.2 Å². The third-order valence-corrected chi connectivity index (χ3v) is 3.10. The van der Waals surface area contributed by atoms with Crippen molar-refractivity contribution in [1.29, 1.82) is 0 Å². The molecule has 2 rings (SSSR count). The van der Waals surface area contributed by atoms with Crippen LogP contribution >= 0.6 is 0 Å². The average molecular weight is 328 g/mol. The molecule has 6 heteroatoms. The summed E-state index contributed by atoms with van der Waals surface area (Å²) in [7, 11) is 0. The van der Waals surface area contributed by atoms with Gasteiger partial charge in [0.1, 0.15) is 11.5 Å². The van der Waals surface area contributed by atoms with E-state index in [4.69, 9.17) is 9.47 Å². The first-order valence-corrected chi connectivity index (χ1v) is 7.65. The predicted molar refractivity (Wildman–Crippen MR) is 90.1 cm³/mol. The lowest BCUT2D eigenvalue weighted by molar-refractivity contribution is 0.196. The number of amides is 2. The molecule has 0 aliphatic heterocycles. The Labute approximate surface area is 140 Å². The molecule has 0 fully saturated rings. The number of hydrogen-bond donors (Lipinski definition) is 2. The van der Waals surface area contributed by atoms with Gasteiger partial charge in [0.25, 0.3) is 0 Å². The summed E-state index contributed by atoms with van der Waals surface area (Å²) in [4.78, 5) is 23.3. The van der Waals surface area contributed by atoms with E-state index in [1.807, 2.05) is 19.1 Å². The van der Waals surface area contributed by atoms with E-state index < -0.39 is 12.2 Å². The number of para-hydroxylation sites is 2. The number of rotatable bonds is 6. The number of hydrogen-bond acceptors (Lipinski definition) is 4. The highest BCUT2D eigenvalue weighted by Gasteiger charge is 2.10. The summed E-state index contributed by atoms with van der Waals surface area (Å²) in [6, 6.07) is 17.6. The molecule has 2 aromatic rings. The molecule has 0 unspecified atom stereocenters. The molecular weight excluding hydrogens is 308 g/mol. The van der Waals surface area contributed by atoms with Crippen LogP contribution in [0.15, 0.2) is 60.7 Å². The monoisotopic (exact) mass is 328 g/mol. The van der Waals surface area contributed by atoms with Gasteiger partial charge in [0.2, 0.25) is 0 Å². The van der Waals surface area contributed by atoms with Gasteiger partial charge in [-0.15, -0.1) is 0 Å². The largest absolute Gasteiger partial charge is 0.412 e. The maximum Gasteiger partial charge on any atom is 0.412 e. The molecule has 24 heavy (non-hydrogen) atoms. The van der Waals surface area contributed by atoms with Crippen LogP contribution in [0, 0.1) is 5.92 Å². The zero-order chi connectivity index (χ0) is 17.2. The van der Waals surface area contributed by atoms with E-state index in [1.54, 1.807) is 48.5 Å². The molecular formula is C18H20N2O4. The van der Waals surface area contributed by atoms with Gasteiger partial charge in [-0.1, -0.05) is 43.3 Å². The molecule has 6 nitrogen and oxygen atoms in total. The predicted octanol–water partition coefficient (Wildman–Crippen LogP) is 3.20. The van der Waals surface area contributed by atoms with E-state index in [-0.39, 0.29) is 5.92 Å². The molecule has 2 aromatic carbocycles. The highest BCUT2D eigenvalue weighted by atomic mass is 16.6. The summed E-state index contributed by atoms with van der Waals surface area (Å²) in [6.07, 6.45) is -1.06. The number of carbonyl (C=O) groups excluding carboxylic acids is 2. The van der Waals surface area contributed by atoms with Crippen LogP contribution in [0.2, 0.25) is 0 Å². The van der Waals surface area contributed by atoms with Crippen LogP contribution in [0.4, 0.5) is 9.59 Å². The van der Waals surface area contributed by atoms with E-state index in [0.717, 1.165) is 0 Å². The fourth-order valence-electron chi connectivity index (χ4n) is 1.85. The third kappa shape index (κ3) is 6.39. The summed E-state index contributed by atoms with van der Waals surface area (Å²) in [5.74, 6) is 0.982. The Morgan fingerprint density at radius 3 is 1.54 bits per heavy atom. The molecule has 0 saturated heterocycles. The van der Waals surface area contributed by atoms with Gasteiger partial charge in [-0.2, -0.15) is 0 Å². The highest BCUT2D eigenvalue weighted by Crippen LogP contribution is 2.09. The molecule has 0 aliphatic rings. The van der Waals surface area contributed by atoms with Gasteiger partial charge in [0.15, 0.2) is 0 Å². The molecule has 0 spiro atoms. The summed E-state index contributed by atoms with van der Waals surface area (Å²) in [5.41, 5.74) is 0. The number of ether oxygens (including phenoxy) is 2. The Morgan fingerprint density at radius 1 is 0.792 bits per heavy atom. The van der Waals surface area contributed by atoms with Crippen LogP contribution in [0.1, 0.15) is 6.92 Å². The van der Waals surface area contributed by atoms with Gasteiger partial charge in [-0.25, -0.2) is 9.59 Å². The van der Waals surface area contributed by atoms with E-state index >= 15 is 0 Å². The van der Waals surface area contributed by atoms with Gasteiger partial charge >= 0.3 is 12.2 Å². The van der Waals surface area contributed by atoms with E-state index in [1.165, 1.54) is 0 Å². The van der Waals surface area contributed by atoms with E-state index in [9.17, 15) is 9.59 Å². The van der Waals surface area contributed by atoms with Crippen LogP contribution in [-0.4, -0.2) is 25.3 Å². The Kier molecular flexibility index (Phi) is 6.64. The van der Waals surface area contributed by atoms with Crippen molar-refractivity contribution in [3.8, 4) is 11.5 Å². The maximum absolute atomic E-state index is 11.7. The first kappa shape index (κ1) is 17.3. The van der Waals surface area contributed by atoms with E-state index in [0.29, 0.717) is 24.6 Å². The van der Waals surface area contributed by atoms with Gasteiger partial charge in [0.05, 0.1) is 0 Å². The average Bonchev–Trinajstić information content (AvgIpc) is 2.60. The van der Waals surface area contributed by atoms with Crippen molar-refractivity contribution in [1.82, 2.24) is 10.6 Å². The number of nitrogens with one attached hydrogen (secondary N) is 2. The van der Waals surface area contributed by atoms with Crippen molar-refractivity contribution in [2.24, 2.45) is 5.92 Å². The lowest BCUT2D eigenvalue weighted by Gasteiger charge is -2.13. The standard InChI is InChI=1S/C18H20N2O4/c1-14(12-19-17(21)23-15-8-4-2-5-9-15)13-20-18(22)24-16-10-6-3-7-11-16/h2-11,14H,12-13H2,1H3,(H,19,21)(H,20,22). The second kappa shape index (κ2) is 9.19. The molecule has 126 valence electrons. The molecule has 0 bridgehead atoms. The second-order valence-electron chi connectivity index (χ2n) is 5.27. The first-order valence-electron chi connectivity index (χ1n) is 7.65. The fourth-order valence-corrected chi connectivity index (χ4v) is 1.85.